The first-order chi connectivity index (χ1) is 9.72. The Balaban J connectivity index is 2.48. The first-order valence-corrected chi connectivity index (χ1v) is 8.50. The molecule has 7 heteroatoms. The molecule has 0 aliphatic rings. The van der Waals surface area contributed by atoms with Crippen molar-refractivity contribution in [1.82, 2.24) is 4.98 Å². The van der Waals surface area contributed by atoms with E-state index in [1.807, 2.05) is 13.8 Å². The van der Waals surface area contributed by atoms with Crippen LogP contribution in [0.1, 0.15) is 16.7 Å². The zero-order valence-electron chi connectivity index (χ0n) is 11.9. The number of nitrogens with two attached hydrogens (primary N) is 1. The van der Waals surface area contributed by atoms with Crippen LogP contribution < -0.4 is 10.5 Å². The molecule has 0 aliphatic carbocycles. The summed E-state index contributed by atoms with van der Waals surface area (Å²) in [5.41, 5.74) is 8.45. The molecule has 0 radical (unpaired) electrons. The van der Waals surface area contributed by atoms with Crippen LogP contribution >= 0.6 is 15.9 Å². The maximum atomic E-state index is 12.5. The fraction of sp³-hybridized carbons (Fsp3) is 0.214. The molecule has 5 nitrogen and oxygen atoms in total. The number of anilines is 2. The Kier molecular flexibility index (Phi) is 4.25. The summed E-state index contributed by atoms with van der Waals surface area (Å²) < 4.78 is 28.4. The highest BCUT2D eigenvalue weighted by Crippen LogP contribution is 2.27. The van der Waals surface area contributed by atoms with Gasteiger partial charge in [0.2, 0.25) is 0 Å². The quantitative estimate of drug-likeness (QED) is 0.813. The molecule has 0 atom stereocenters. The molecule has 21 heavy (non-hydrogen) atoms. The van der Waals surface area contributed by atoms with E-state index in [2.05, 4.69) is 25.6 Å². The Morgan fingerprint density at radius 1 is 1.19 bits per heavy atom. The largest absolute Gasteiger partial charge is 0.398 e. The van der Waals surface area contributed by atoms with Gasteiger partial charge in [-0.1, -0.05) is 6.07 Å². The van der Waals surface area contributed by atoms with Gasteiger partial charge in [0.25, 0.3) is 10.0 Å². The van der Waals surface area contributed by atoms with Crippen molar-refractivity contribution in [3.63, 3.8) is 0 Å². The van der Waals surface area contributed by atoms with Crippen molar-refractivity contribution in [2.75, 3.05) is 10.5 Å². The van der Waals surface area contributed by atoms with Crippen LogP contribution in [0.5, 0.6) is 0 Å². The van der Waals surface area contributed by atoms with Crippen LogP contribution in [-0.2, 0) is 10.0 Å². The molecule has 2 rings (SSSR count). The summed E-state index contributed by atoms with van der Waals surface area (Å²) in [6.45, 7) is 5.44. The van der Waals surface area contributed by atoms with E-state index < -0.39 is 10.0 Å². The molecule has 0 spiro atoms. The second-order valence-corrected chi connectivity index (χ2v) is 7.32. The highest BCUT2D eigenvalue weighted by atomic mass is 79.9. The molecular formula is C14H16BrN3O2S. The molecule has 0 bridgehead atoms. The lowest BCUT2D eigenvalue weighted by atomic mass is 10.1. The van der Waals surface area contributed by atoms with E-state index in [0.29, 0.717) is 5.56 Å². The lowest BCUT2D eigenvalue weighted by Crippen LogP contribution is -2.17. The monoisotopic (exact) mass is 369 g/mol. The van der Waals surface area contributed by atoms with Crippen LogP contribution in [0.2, 0.25) is 0 Å². The summed E-state index contributed by atoms with van der Waals surface area (Å²) in [7, 11) is -3.78. The second-order valence-electron chi connectivity index (χ2n) is 4.85. The SMILES string of the molecule is Cc1cc(NS(=O)(=O)c2c(N)ccc(C)c2C)ncc1Br. The van der Waals surface area contributed by atoms with Crippen molar-refractivity contribution in [3.05, 3.63) is 45.6 Å². The molecule has 112 valence electrons. The first kappa shape index (κ1) is 15.8. The van der Waals surface area contributed by atoms with Gasteiger partial charge in [-0.05, 0) is 65.5 Å². The number of hydrogen-bond acceptors (Lipinski definition) is 4. The van der Waals surface area contributed by atoms with E-state index in [9.17, 15) is 8.42 Å². The standard InChI is InChI=1S/C14H16BrN3O2S/c1-8-4-5-12(16)14(10(8)3)21(19,20)18-13-6-9(2)11(15)7-17-13/h4-7H,16H2,1-3H3,(H,17,18). The van der Waals surface area contributed by atoms with Gasteiger partial charge in [0.05, 0.1) is 5.69 Å². The summed E-state index contributed by atoms with van der Waals surface area (Å²) in [5, 5.41) is 0. The van der Waals surface area contributed by atoms with Gasteiger partial charge in [0.1, 0.15) is 10.7 Å². The lowest BCUT2D eigenvalue weighted by Gasteiger charge is -2.14. The smallest absolute Gasteiger partial charge is 0.265 e. The van der Waals surface area contributed by atoms with Crippen molar-refractivity contribution in [3.8, 4) is 0 Å². The Morgan fingerprint density at radius 3 is 2.48 bits per heavy atom. The topological polar surface area (TPSA) is 85.1 Å². The zero-order valence-corrected chi connectivity index (χ0v) is 14.3. The minimum atomic E-state index is -3.78. The average Bonchev–Trinajstić information content (AvgIpc) is 2.38. The Hall–Kier alpha value is -1.60. The van der Waals surface area contributed by atoms with Crippen molar-refractivity contribution in [1.29, 1.82) is 0 Å². The Bertz CT molecular complexity index is 804. The molecular weight excluding hydrogens is 354 g/mol. The van der Waals surface area contributed by atoms with Gasteiger partial charge >= 0.3 is 0 Å². The minimum Gasteiger partial charge on any atom is -0.398 e. The average molecular weight is 370 g/mol. The number of sulfonamides is 1. The van der Waals surface area contributed by atoms with Crippen LogP contribution in [0.4, 0.5) is 11.5 Å². The van der Waals surface area contributed by atoms with Crippen molar-refractivity contribution >= 4 is 37.5 Å². The van der Waals surface area contributed by atoms with Gasteiger partial charge in [-0.15, -0.1) is 0 Å². The molecule has 1 heterocycles. The van der Waals surface area contributed by atoms with E-state index >= 15 is 0 Å². The van der Waals surface area contributed by atoms with E-state index in [-0.39, 0.29) is 16.4 Å². The van der Waals surface area contributed by atoms with Gasteiger partial charge in [-0.25, -0.2) is 13.4 Å². The summed E-state index contributed by atoms with van der Waals surface area (Å²) in [6.07, 6.45) is 1.56. The third-order valence-electron chi connectivity index (χ3n) is 3.26. The van der Waals surface area contributed by atoms with Gasteiger partial charge in [0, 0.05) is 10.7 Å². The maximum absolute atomic E-state index is 12.5. The third kappa shape index (κ3) is 3.19. The highest BCUT2D eigenvalue weighted by Gasteiger charge is 2.22. The van der Waals surface area contributed by atoms with E-state index in [4.69, 9.17) is 5.73 Å². The number of aryl methyl sites for hydroxylation is 2. The summed E-state index contributed by atoms with van der Waals surface area (Å²) in [6, 6.07) is 5.05. The van der Waals surface area contributed by atoms with E-state index in [1.165, 1.54) is 0 Å². The number of aromatic nitrogens is 1. The van der Waals surface area contributed by atoms with Crippen LogP contribution in [-0.4, -0.2) is 13.4 Å². The Labute approximate surface area is 132 Å². The number of benzene rings is 1. The van der Waals surface area contributed by atoms with Gasteiger partial charge in [-0.3, -0.25) is 4.72 Å². The normalized spacial score (nSPS) is 11.4. The second kappa shape index (κ2) is 5.65. The first-order valence-electron chi connectivity index (χ1n) is 6.23. The predicted molar refractivity (Wildman–Crippen MR) is 87.8 cm³/mol. The number of pyridine rings is 1. The van der Waals surface area contributed by atoms with Crippen molar-refractivity contribution in [2.24, 2.45) is 0 Å². The molecule has 0 amide bonds. The van der Waals surface area contributed by atoms with Gasteiger partial charge < -0.3 is 5.73 Å². The molecule has 3 N–H and O–H groups in total. The van der Waals surface area contributed by atoms with Crippen LogP contribution in [0.25, 0.3) is 0 Å². The molecule has 1 aromatic carbocycles. The fourth-order valence-corrected chi connectivity index (χ4v) is 3.60. The molecule has 0 fully saturated rings. The fourth-order valence-electron chi connectivity index (χ4n) is 1.95. The maximum Gasteiger partial charge on any atom is 0.265 e. The zero-order chi connectivity index (χ0) is 15.8. The number of halogens is 1. The van der Waals surface area contributed by atoms with Crippen LogP contribution in [0.15, 0.2) is 33.8 Å². The predicted octanol–water partition coefficient (Wildman–Crippen LogP) is 3.15. The summed E-state index contributed by atoms with van der Waals surface area (Å²) in [4.78, 5) is 4.16. The number of hydrogen-bond donors (Lipinski definition) is 2. The molecule has 2 aromatic rings. The lowest BCUT2D eigenvalue weighted by molar-refractivity contribution is 0.600. The Morgan fingerprint density at radius 2 is 1.86 bits per heavy atom. The molecule has 0 aliphatic heterocycles. The molecule has 0 saturated carbocycles. The van der Waals surface area contributed by atoms with E-state index in [0.717, 1.165) is 15.6 Å². The van der Waals surface area contributed by atoms with Crippen LogP contribution in [0.3, 0.4) is 0 Å². The number of nitrogens with zero attached hydrogens (tertiary/aromatic N) is 1. The molecule has 0 saturated heterocycles. The number of nitrogen functional groups attached to an aromatic ring is 1. The number of rotatable bonds is 3. The van der Waals surface area contributed by atoms with Gasteiger partial charge in [-0.2, -0.15) is 0 Å². The minimum absolute atomic E-state index is 0.102. The third-order valence-corrected chi connectivity index (χ3v) is 5.65. The highest BCUT2D eigenvalue weighted by molar-refractivity contribution is 9.10. The number of nitrogens with one attached hydrogen (secondary N) is 1. The van der Waals surface area contributed by atoms with Crippen LogP contribution in [0, 0.1) is 20.8 Å². The van der Waals surface area contributed by atoms with E-state index in [1.54, 1.807) is 31.3 Å². The van der Waals surface area contributed by atoms with Crippen molar-refractivity contribution in [2.45, 2.75) is 25.7 Å². The summed E-state index contributed by atoms with van der Waals surface area (Å²) in [5.74, 6) is 0.260. The molecule has 1 aromatic heterocycles. The summed E-state index contributed by atoms with van der Waals surface area (Å²) >= 11 is 3.33. The molecule has 0 unspecified atom stereocenters. The van der Waals surface area contributed by atoms with Gasteiger partial charge in [0.15, 0.2) is 0 Å². The van der Waals surface area contributed by atoms with Crippen molar-refractivity contribution < 1.29 is 8.42 Å².